The van der Waals surface area contributed by atoms with Crippen molar-refractivity contribution in [2.45, 2.75) is 11.8 Å². The van der Waals surface area contributed by atoms with Crippen LogP contribution in [-0.4, -0.2) is 44.0 Å². The van der Waals surface area contributed by atoms with Crippen LogP contribution in [0.2, 0.25) is 5.15 Å². The number of hydrogen-bond acceptors (Lipinski definition) is 8. The number of carbonyl (C=O) groups is 2. The second-order valence-corrected chi connectivity index (χ2v) is 6.75. The predicted molar refractivity (Wildman–Crippen MR) is 90.6 cm³/mol. The van der Waals surface area contributed by atoms with Crippen LogP contribution in [0.3, 0.4) is 0 Å². The van der Waals surface area contributed by atoms with Gasteiger partial charge in [0, 0.05) is 6.07 Å². The fourth-order valence-corrected chi connectivity index (χ4v) is 3.22. The third-order valence-corrected chi connectivity index (χ3v) is 4.57. The first-order valence-corrected chi connectivity index (χ1v) is 9.06. The van der Waals surface area contributed by atoms with Gasteiger partial charge in [-0.15, -0.1) is 0 Å². The lowest BCUT2D eigenvalue weighted by Gasteiger charge is -2.10. The van der Waals surface area contributed by atoms with Crippen molar-refractivity contribution in [3.8, 4) is 5.88 Å². The largest absolute Gasteiger partial charge is 0.481 e. The van der Waals surface area contributed by atoms with Gasteiger partial charge in [0.2, 0.25) is 11.7 Å². The van der Waals surface area contributed by atoms with E-state index in [9.17, 15) is 18.0 Å². The molecule has 0 saturated heterocycles. The summed E-state index contributed by atoms with van der Waals surface area (Å²) >= 11 is 5.74. The third kappa shape index (κ3) is 4.46. The fourth-order valence-electron chi connectivity index (χ4n) is 1.90. The van der Waals surface area contributed by atoms with E-state index in [4.69, 9.17) is 21.1 Å². The van der Waals surface area contributed by atoms with Gasteiger partial charge in [0.25, 0.3) is 10.0 Å². The first-order valence-electron chi connectivity index (χ1n) is 7.20. The monoisotopic (exact) mass is 399 g/mol. The maximum Gasteiger partial charge on any atom is 0.339 e. The highest BCUT2D eigenvalue weighted by Crippen LogP contribution is 2.18. The molecule has 1 aromatic carbocycles. The summed E-state index contributed by atoms with van der Waals surface area (Å²) in [7, 11) is -3.10. The Labute approximate surface area is 154 Å². The topological polar surface area (TPSA) is 125 Å². The molecule has 9 nitrogen and oxygen atoms in total. The number of aromatic nitrogens is 2. The average Bonchev–Trinajstić information content (AvgIpc) is 2.61. The van der Waals surface area contributed by atoms with Gasteiger partial charge in [0.1, 0.15) is 10.0 Å². The first-order chi connectivity index (χ1) is 12.3. The number of nitrogens with one attached hydrogen (secondary N) is 1. The second-order valence-electron chi connectivity index (χ2n) is 4.71. The summed E-state index contributed by atoms with van der Waals surface area (Å²) in [5.74, 6) is -2.49. The number of carbonyl (C=O) groups excluding carboxylic acids is 2. The molecule has 0 aliphatic heterocycles. The van der Waals surface area contributed by atoms with Crippen molar-refractivity contribution in [2.24, 2.45) is 0 Å². The molecule has 1 N–H and O–H groups in total. The van der Waals surface area contributed by atoms with Gasteiger partial charge >= 0.3 is 11.9 Å². The Bertz CT molecular complexity index is 948. The molecule has 0 atom stereocenters. The molecule has 11 heteroatoms. The number of rotatable bonds is 6. The zero-order chi connectivity index (χ0) is 19.3. The molecule has 1 amide bonds. The number of benzene rings is 1. The van der Waals surface area contributed by atoms with Crippen molar-refractivity contribution in [3.63, 3.8) is 0 Å². The smallest absolute Gasteiger partial charge is 0.339 e. The van der Waals surface area contributed by atoms with Crippen LogP contribution in [0.5, 0.6) is 5.88 Å². The van der Waals surface area contributed by atoms with Crippen LogP contribution in [0.1, 0.15) is 27.9 Å². The minimum Gasteiger partial charge on any atom is -0.481 e. The van der Waals surface area contributed by atoms with Gasteiger partial charge in [0.15, 0.2) is 0 Å². The molecule has 0 aliphatic rings. The van der Waals surface area contributed by atoms with E-state index < -0.39 is 32.6 Å². The van der Waals surface area contributed by atoms with E-state index in [2.05, 4.69) is 9.97 Å². The zero-order valence-electron chi connectivity index (χ0n) is 13.7. The van der Waals surface area contributed by atoms with Crippen molar-refractivity contribution in [1.82, 2.24) is 14.7 Å². The van der Waals surface area contributed by atoms with Gasteiger partial charge in [-0.25, -0.2) is 22.9 Å². The number of halogens is 1. The summed E-state index contributed by atoms with van der Waals surface area (Å²) in [6, 6.07) is 6.57. The van der Waals surface area contributed by atoms with E-state index in [1.54, 1.807) is 11.6 Å². The number of nitrogens with zero attached hydrogens (tertiary/aromatic N) is 2. The molecular weight excluding hydrogens is 386 g/mol. The van der Waals surface area contributed by atoms with Crippen molar-refractivity contribution in [3.05, 3.63) is 46.9 Å². The van der Waals surface area contributed by atoms with Crippen LogP contribution in [-0.2, 0) is 14.8 Å². The molecule has 0 bridgehead atoms. The number of esters is 1. The molecule has 0 saturated carbocycles. The van der Waals surface area contributed by atoms with Crippen LogP contribution >= 0.6 is 11.6 Å². The first kappa shape index (κ1) is 19.6. The SMILES string of the molecule is CCOC(=O)c1ccccc1S(=O)(=O)NC(=O)c1nc(Cl)cc(OC)n1. The maximum atomic E-state index is 12.5. The van der Waals surface area contributed by atoms with Crippen molar-refractivity contribution in [2.75, 3.05) is 13.7 Å². The Morgan fingerprint density at radius 1 is 1.23 bits per heavy atom. The summed E-state index contributed by atoms with van der Waals surface area (Å²) in [4.78, 5) is 31.1. The van der Waals surface area contributed by atoms with E-state index in [0.717, 1.165) is 0 Å². The van der Waals surface area contributed by atoms with Crippen molar-refractivity contribution >= 4 is 33.5 Å². The molecule has 0 spiro atoms. The highest BCUT2D eigenvalue weighted by Gasteiger charge is 2.26. The number of sulfonamides is 1. The van der Waals surface area contributed by atoms with E-state index in [0.29, 0.717) is 0 Å². The van der Waals surface area contributed by atoms with Gasteiger partial charge in [-0.3, -0.25) is 4.79 Å². The summed E-state index contributed by atoms with van der Waals surface area (Å²) in [6.45, 7) is 1.65. The molecule has 0 radical (unpaired) electrons. The number of amides is 1. The van der Waals surface area contributed by atoms with Crippen LogP contribution in [0.25, 0.3) is 0 Å². The molecule has 0 unspecified atom stereocenters. The van der Waals surface area contributed by atoms with E-state index in [1.807, 2.05) is 0 Å². The molecule has 2 aromatic rings. The average molecular weight is 400 g/mol. The summed E-state index contributed by atoms with van der Waals surface area (Å²) in [5.41, 5.74) is -0.209. The minimum absolute atomic E-state index is 0.0144. The Balaban J connectivity index is 2.36. The van der Waals surface area contributed by atoms with Gasteiger partial charge in [-0.2, -0.15) is 4.98 Å². The van der Waals surface area contributed by atoms with Crippen LogP contribution in [0.4, 0.5) is 0 Å². The Hall–Kier alpha value is -2.72. The lowest BCUT2D eigenvalue weighted by atomic mass is 10.2. The summed E-state index contributed by atoms with van der Waals surface area (Å²) in [6.07, 6.45) is 0. The normalized spacial score (nSPS) is 10.9. The highest BCUT2D eigenvalue weighted by molar-refractivity contribution is 7.90. The Morgan fingerprint density at radius 2 is 1.92 bits per heavy atom. The van der Waals surface area contributed by atoms with Gasteiger partial charge in [0.05, 0.1) is 19.3 Å². The fraction of sp³-hybridized carbons (Fsp3) is 0.200. The Kier molecular flexibility index (Phi) is 6.11. The van der Waals surface area contributed by atoms with Crippen molar-refractivity contribution < 1.29 is 27.5 Å². The number of hydrogen-bond donors (Lipinski definition) is 1. The second kappa shape index (κ2) is 8.11. The summed E-state index contributed by atoms with van der Waals surface area (Å²) < 4.78 is 36.5. The number of ether oxygens (including phenoxy) is 2. The van der Waals surface area contributed by atoms with Crippen molar-refractivity contribution in [1.29, 1.82) is 0 Å². The molecule has 26 heavy (non-hydrogen) atoms. The molecule has 0 aliphatic carbocycles. The highest BCUT2D eigenvalue weighted by atomic mass is 35.5. The van der Waals surface area contributed by atoms with Gasteiger partial charge in [-0.05, 0) is 19.1 Å². The van der Waals surface area contributed by atoms with E-state index in [-0.39, 0.29) is 23.2 Å². The standard InChI is InChI=1S/C15H14ClN3O6S/c1-3-25-15(21)9-6-4-5-7-10(9)26(22,23)19-14(20)13-17-11(16)8-12(18-13)24-2/h4-8H,3H2,1-2H3,(H,19,20). The maximum absolute atomic E-state index is 12.5. The molecule has 1 aromatic heterocycles. The minimum atomic E-state index is -4.40. The third-order valence-electron chi connectivity index (χ3n) is 2.98. The number of methoxy groups -OCH3 is 1. The van der Waals surface area contributed by atoms with E-state index >= 15 is 0 Å². The van der Waals surface area contributed by atoms with Gasteiger partial charge in [-0.1, -0.05) is 23.7 Å². The van der Waals surface area contributed by atoms with E-state index in [1.165, 1.54) is 37.4 Å². The lowest BCUT2D eigenvalue weighted by molar-refractivity contribution is 0.0521. The molecule has 0 fully saturated rings. The quantitative estimate of drug-likeness (QED) is 0.571. The molecule has 138 valence electrons. The lowest BCUT2D eigenvalue weighted by Crippen LogP contribution is -2.33. The van der Waals surface area contributed by atoms with Crippen LogP contribution in [0.15, 0.2) is 35.2 Å². The Morgan fingerprint density at radius 3 is 2.58 bits per heavy atom. The molecule has 2 rings (SSSR count). The summed E-state index contributed by atoms with van der Waals surface area (Å²) in [5, 5.41) is -0.105. The zero-order valence-corrected chi connectivity index (χ0v) is 15.3. The predicted octanol–water partition coefficient (Wildman–Crippen LogP) is 1.43. The van der Waals surface area contributed by atoms with Crippen LogP contribution < -0.4 is 9.46 Å². The van der Waals surface area contributed by atoms with Gasteiger partial charge < -0.3 is 9.47 Å². The molecule has 1 heterocycles. The molecular formula is C15H14ClN3O6S. The van der Waals surface area contributed by atoms with Crippen LogP contribution in [0, 0.1) is 0 Å².